The zero-order chi connectivity index (χ0) is 56.0. The lowest BCUT2D eigenvalue weighted by atomic mass is 9.52. The van der Waals surface area contributed by atoms with Crippen molar-refractivity contribution in [3.63, 3.8) is 0 Å². The fourth-order valence-corrected chi connectivity index (χ4v) is 25.5. The summed E-state index contributed by atoms with van der Waals surface area (Å²) in [5.41, 5.74) is 1.62. The first kappa shape index (κ1) is 38.5. The second-order valence-corrected chi connectivity index (χ2v) is 31.6. The van der Waals surface area contributed by atoms with Crippen molar-refractivity contribution in [3.8, 4) is 0 Å². The molecule has 2 heterocycles. The van der Waals surface area contributed by atoms with Gasteiger partial charge in [-0.15, -0.1) is 0 Å². The predicted molar refractivity (Wildman–Crippen MR) is 362 cm³/mol. The van der Waals surface area contributed by atoms with Crippen molar-refractivity contribution < 1.29 is 4.79 Å². The van der Waals surface area contributed by atoms with Gasteiger partial charge in [0.05, 0.1) is 16.8 Å². The van der Waals surface area contributed by atoms with Crippen LogP contribution in [-0.4, -0.2) is 15.8 Å². The van der Waals surface area contributed by atoms with Crippen LogP contribution in [0.5, 0.6) is 0 Å². The molecule has 6 nitrogen and oxygen atoms in total. The van der Waals surface area contributed by atoms with Crippen LogP contribution >= 0.6 is 0 Å². The molecular formula is C82H26N2O4. The number of carbonyl (C=O) groups is 1. The smallest absolute Gasteiger partial charge is 0.234 e. The van der Waals surface area contributed by atoms with E-state index in [9.17, 15) is 0 Å². The monoisotopic (exact) mass is 1100 g/mol. The molecule has 2 atom stereocenters. The Labute approximate surface area is 485 Å². The minimum absolute atomic E-state index is 0.120. The first-order valence-electron chi connectivity index (χ1n) is 31.6. The highest BCUT2D eigenvalue weighted by Gasteiger charge is 2.61. The van der Waals surface area contributed by atoms with Gasteiger partial charge in [-0.05, 0) is 154 Å². The van der Waals surface area contributed by atoms with Crippen LogP contribution < -0.4 is 16.3 Å². The number of pyridine rings is 2. The van der Waals surface area contributed by atoms with Gasteiger partial charge in [0.15, 0.2) is 11.2 Å². The Morgan fingerprint density at radius 3 is 0.886 bits per heavy atom. The van der Waals surface area contributed by atoms with E-state index in [1.54, 1.807) is 0 Å². The number of allylic oxidation sites excluding steroid dienone is 2. The van der Waals surface area contributed by atoms with E-state index in [1.807, 2.05) is 0 Å². The van der Waals surface area contributed by atoms with Gasteiger partial charge in [0, 0.05) is 195 Å². The summed E-state index contributed by atoms with van der Waals surface area (Å²) in [4.78, 5) is 81.7. The fourth-order valence-electron chi connectivity index (χ4n) is 25.5. The van der Waals surface area contributed by atoms with Gasteiger partial charge in [-0.25, -0.2) is 0 Å². The van der Waals surface area contributed by atoms with Crippen molar-refractivity contribution >= 4 is 286 Å². The maximum Gasteiger partial charge on any atom is 0.234 e. The van der Waals surface area contributed by atoms with Crippen molar-refractivity contribution in [1.82, 2.24) is 9.97 Å². The molecule has 29 aromatic rings. The minimum atomic E-state index is -1.58. The van der Waals surface area contributed by atoms with Crippen LogP contribution in [0.1, 0.15) is 91.4 Å². The lowest BCUT2D eigenvalue weighted by molar-refractivity contribution is 0.0937. The molecule has 3 aliphatic carbocycles. The standard InChI is InChI=1S/C82H26N2O4/c1-79(2,3)15-9-7-11-17(83-15)81-13-14-82(18-12-8-10-16(84-18)80(4,5)6)74-66-56-46-37-28-23-19-20-22-26-31-25(20)32-27-21(19)24(28)33-36-35(27)47-41(32)48-42(31)49-43-34(26)44-38-29(22)30(23)39-45(37)55(56)65(73(74)81)61(51(38)39)64-54(44)53(43)63-68(76(86)77(87)71(63)72(64)81)59(49)57(48)67-58(47)60-50(36)52(40(33)46)62(66)70(78(82)88)69(60)75(67)85/h7-14H,1-6H3. The molecule has 0 saturated carbocycles. The van der Waals surface area contributed by atoms with Crippen LogP contribution in [0, 0.1) is 0 Å². The number of hydrogen-bond donors (Lipinski definition) is 0. The van der Waals surface area contributed by atoms with Crippen LogP contribution in [-0.2, 0) is 21.7 Å². The molecule has 388 valence electrons. The number of Topliss-reactive ketones (excluding diaryl/α,β-unsaturated/α-hetero) is 1. The van der Waals surface area contributed by atoms with Gasteiger partial charge in [-0.2, -0.15) is 0 Å². The van der Waals surface area contributed by atoms with Crippen molar-refractivity contribution in [2.75, 3.05) is 0 Å². The topological polar surface area (TPSA) is 94.1 Å². The van der Waals surface area contributed by atoms with Crippen LogP contribution in [0.25, 0.3) is 280 Å². The van der Waals surface area contributed by atoms with Crippen molar-refractivity contribution in [2.24, 2.45) is 0 Å². The van der Waals surface area contributed by atoms with E-state index in [4.69, 9.17) is 9.97 Å². The van der Waals surface area contributed by atoms with Crippen LogP contribution in [0.4, 0.5) is 0 Å². The van der Waals surface area contributed by atoms with Crippen molar-refractivity contribution in [3.05, 3.63) is 124 Å². The Morgan fingerprint density at radius 2 is 0.500 bits per heavy atom. The summed E-state index contributed by atoms with van der Waals surface area (Å²) in [7, 11) is 0. The van der Waals surface area contributed by atoms with E-state index in [0.29, 0.717) is 32.8 Å². The van der Waals surface area contributed by atoms with Crippen LogP contribution in [0.15, 0.2) is 62.9 Å². The maximum absolute atomic E-state index is 18.4. The van der Waals surface area contributed by atoms with Gasteiger partial charge in [-0.3, -0.25) is 29.1 Å². The van der Waals surface area contributed by atoms with Crippen LogP contribution in [0.2, 0.25) is 0 Å². The van der Waals surface area contributed by atoms with Crippen LogP contribution in [0.3, 0.4) is 0 Å². The summed E-state index contributed by atoms with van der Waals surface area (Å²) in [5, 5.41) is 59.9. The summed E-state index contributed by atoms with van der Waals surface area (Å²) in [6, 6.07) is 12.8. The molecule has 2 unspecified atom stereocenters. The molecule has 0 N–H and O–H groups in total. The third-order valence-corrected chi connectivity index (χ3v) is 27.3. The highest BCUT2D eigenvalue weighted by Crippen LogP contribution is 2.79. The molecule has 6 heteroatoms. The molecule has 0 radical (unpaired) electrons. The lowest BCUT2D eigenvalue weighted by Gasteiger charge is -2.48. The van der Waals surface area contributed by atoms with Gasteiger partial charge in [0.25, 0.3) is 0 Å². The SMILES string of the molecule is CC(C)(C)c1cccc(C23C=CC4(c5cccc(C(C)(C)C)n5)c5c2c2c6c(c7c(=O)c8c9c%10c%11c(=O)c(=O)c%12c4c4c%13c5c5c2c2c%14c6c6c7c8c7c8c9c9c%10c%10c(c%12%11)c4c4c%11c%13c%12c5c2c2c5c%14c6c7c6c8c7c9c(c4%10)c4c%11c%12c2c(c56)c74)C3=O)n1. The van der Waals surface area contributed by atoms with Gasteiger partial charge in [-0.1, -0.05) is 65.8 Å². The molecular weight excluding hydrogens is 1080 g/mol. The Balaban J connectivity index is 1.10. The molecule has 0 amide bonds. The Morgan fingerprint density at radius 1 is 0.250 bits per heavy atom. The number of rotatable bonds is 2. The highest BCUT2D eigenvalue weighted by atomic mass is 16.2. The lowest BCUT2D eigenvalue weighted by Crippen LogP contribution is -2.47. The quantitative estimate of drug-likeness (QED) is 0.0972. The molecule has 0 fully saturated rings. The first-order valence-corrected chi connectivity index (χ1v) is 31.6. The highest BCUT2D eigenvalue weighted by molar-refractivity contribution is 6.81. The molecule has 3 aliphatic rings. The van der Waals surface area contributed by atoms with Crippen molar-refractivity contribution in [1.29, 1.82) is 0 Å². The van der Waals surface area contributed by atoms with E-state index in [2.05, 4.69) is 90.1 Å². The van der Waals surface area contributed by atoms with E-state index in [0.717, 1.165) is 136 Å². The molecule has 0 saturated heterocycles. The molecule has 32 rings (SSSR count). The molecule has 27 aromatic carbocycles. The molecule has 0 aliphatic heterocycles. The summed E-state index contributed by atoms with van der Waals surface area (Å²) >= 11 is 0. The second-order valence-electron chi connectivity index (χ2n) is 31.6. The van der Waals surface area contributed by atoms with E-state index in [1.165, 1.54) is 156 Å². The Bertz CT molecular complexity index is 8740. The number of carbonyl (C=O) groups excluding carboxylic acids is 1. The number of hydrogen-bond acceptors (Lipinski definition) is 6. The summed E-state index contributed by atoms with van der Waals surface area (Å²) in [6.45, 7) is 13.2. The van der Waals surface area contributed by atoms with Crippen molar-refractivity contribution in [2.45, 2.75) is 63.2 Å². The van der Waals surface area contributed by atoms with Gasteiger partial charge >= 0.3 is 0 Å². The Hall–Kier alpha value is -10.6. The third kappa shape index (κ3) is 2.51. The molecule has 2 aromatic heterocycles. The molecule has 88 heavy (non-hydrogen) atoms. The predicted octanol–water partition coefficient (Wildman–Crippen LogP) is 18.7. The zero-order valence-corrected chi connectivity index (χ0v) is 47.1. The first-order chi connectivity index (χ1) is 42.8. The van der Waals surface area contributed by atoms with Gasteiger partial charge in [0.2, 0.25) is 10.9 Å². The summed E-state index contributed by atoms with van der Waals surface area (Å²) < 4.78 is 0. The van der Waals surface area contributed by atoms with E-state index in [-0.39, 0.29) is 22.0 Å². The average molecular weight is 1100 g/mol. The molecule has 0 spiro atoms. The summed E-state index contributed by atoms with van der Waals surface area (Å²) in [5.74, 6) is -0.120. The zero-order valence-electron chi connectivity index (χ0n) is 47.1. The molecule has 0 bridgehead atoms. The van der Waals surface area contributed by atoms with E-state index < -0.39 is 21.7 Å². The van der Waals surface area contributed by atoms with E-state index >= 15 is 19.2 Å². The normalized spacial score (nSPS) is 20.1. The second kappa shape index (κ2) is 9.37. The number of aromatic nitrogens is 2. The Kier molecular flexibility index (Phi) is 4.10. The minimum Gasteiger partial charge on any atom is -0.292 e. The largest absolute Gasteiger partial charge is 0.292 e. The number of benzene rings is 17. The number of ketones is 1. The van der Waals surface area contributed by atoms with Gasteiger partial charge < -0.3 is 0 Å². The fraction of sp³-hybridized carbons (Fsp3) is 0.122. The maximum atomic E-state index is 18.4. The average Bonchev–Trinajstić information content (AvgIpc) is 1.41. The van der Waals surface area contributed by atoms with Gasteiger partial charge in [0.1, 0.15) is 5.41 Å². The third-order valence-electron chi connectivity index (χ3n) is 27.3. The number of nitrogens with zero attached hydrogens (tertiary/aromatic N) is 2. The summed E-state index contributed by atoms with van der Waals surface area (Å²) in [6.07, 6.45) is 4.51. The number of fused-ring (bicyclic) bond motifs is 6.